The molecule has 0 radical (unpaired) electrons. The average molecular weight is 335 g/mol. The van der Waals surface area contributed by atoms with Crippen LogP contribution in [-0.2, 0) is 0 Å². The fraction of sp³-hybridized carbons (Fsp3) is 0.650. The lowest BCUT2D eigenvalue weighted by Crippen LogP contribution is -2.46. The number of hydrogen-bond acceptors (Lipinski definition) is 4. The number of aliphatic hydroxyl groups excluding tert-OH is 1. The Kier molecular flexibility index (Phi) is 7.43. The minimum absolute atomic E-state index is 0.0403. The molecule has 1 aromatic rings. The lowest BCUT2D eigenvalue weighted by Gasteiger charge is -2.34. The Balaban J connectivity index is 2.41. The van der Waals surface area contributed by atoms with Gasteiger partial charge in [-0.15, -0.1) is 0 Å². The van der Waals surface area contributed by atoms with Gasteiger partial charge >= 0.3 is 0 Å². The first-order chi connectivity index (χ1) is 11.0. The third-order valence-electron chi connectivity index (χ3n) is 3.73. The van der Waals surface area contributed by atoms with Gasteiger partial charge in [0.05, 0.1) is 0 Å². The maximum absolute atomic E-state index is 11.6. The number of ketones is 1. The molecule has 1 rings (SSSR count). The number of benzene rings is 1. The van der Waals surface area contributed by atoms with Gasteiger partial charge in [-0.25, -0.2) is 0 Å². The molecule has 4 nitrogen and oxygen atoms in total. The molecule has 0 spiro atoms. The molecule has 136 valence electrons. The van der Waals surface area contributed by atoms with Crippen LogP contribution in [0.1, 0.15) is 64.7 Å². The molecule has 0 aromatic heterocycles. The topological polar surface area (TPSA) is 58.6 Å². The molecule has 0 saturated carbocycles. The first-order valence-electron chi connectivity index (χ1n) is 8.71. The van der Waals surface area contributed by atoms with Crippen molar-refractivity contribution in [2.45, 2.75) is 66.0 Å². The van der Waals surface area contributed by atoms with E-state index in [0.29, 0.717) is 24.3 Å². The fourth-order valence-electron chi connectivity index (χ4n) is 2.97. The Labute approximate surface area is 146 Å². The van der Waals surface area contributed by atoms with Gasteiger partial charge in [0.1, 0.15) is 18.5 Å². The second kappa shape index (κ2) is 8.63. The molecule has 1 unspecified atom stereocenters. The molecule has 0 amide bonds. The van der Waals surface area contributed by atoms with Gasteiger partial charge in [-0.2, -0.15) is 0 Å². The maximum Gasteiger partial charge on any atom is 0.162 e. The second-order valence-electron chi connectivity index (χ2n) is 8.27. The molecule has 1 atom stereocenters. The minimum Gasteiger partial charge on any atom is -0.491 e. The molecule has 0 heterocycles. The summed E-state index contributed by atoms with van der Waals surface area (Å²) in [5.41, 5.74) is 0.882. The smallest absolute Gasteiger partial charge is 0.162 e. The summed E-state index contributed by atoms with van der Waals surface area (Å²) in [5, 5.41) is 13.5. The Morgan fingerprint density at radius 1 is 1.17 bits per heavy atom. The van der Waals surface area contributed by atoms with E-state index in [2.05, 4.69) is 39.9 Å². The lowest BCUT2D eigenvalue weighted by molar-refractivity contribution is 0.0942. The quantitative estimate of drug-likeness (QED) is 0.674. The van der Waals surface area contributed by atoms with Crippen LogP contribution in [0.3, 0.4) is 0 Å². The van der Waals surface area contributed by atoms with Gasteiger partial charge in [0.15, 0.2) is 5.78 Å². The number of nitrogens with one attached hydrogen (secondary N) is 1. The minimum atomic E-state index is -0.582. The number of aliphatic hydroxyl groups is 1. The van der Waals surface area contributed by atoms with Crippen LogP contribution >= 0.6 is 0 Å². The van der Waals surface area contributed by atoms with Gasteiger partial charge in [0.25, 0.3) is 0 Å². The summed E-state index contributed by atoms with van der Waals surface area (Å²) in [4.78, 5) is 11.6. The SMILES string of the molecule is CCC(=O)c1ccc(OCC(O)CNC(C)(C)CC(C)(C)C)cc1. The van der Waals surface area contributed by atoms with Gasteiger partial charge in [-0.1, -0.05) is 27.7 Å². The molecule has 0 saturated heterocycles. The maximum atomic E-state index is 11.6. The molecule has 0 bridgehead atoms. The van der Waals surface area contributed by atoms with Crippen molar-refractivity contribution in [3.05, 3.63) is 29.8 Å². The monoisotopic (exact) mass is 335 g/mol. The van der Waals surface area contributed by atoms with Crippen LogP contribution in [-0.4, -0.2) is 35.7 Å². The van der Waals surface area contributed by atoms with Crippen molar-refractivity contribution in [3.63, 3.8) is 0 Å². The Hall–Kier alpha value is -1.39. The number of carbonyl (C=O) groups is 1. The number of carbonyl (C=O) groups excluding carboxylic acids is 1. The highest BCUT2D eigenvalue weighted by atomic mass is 16.5. The van der Waals surface area contributed by atoms with E-state index < -0.39 is 6.10 Å². The standard InChI is InChI=1S/C20H33NO3/c1-7-18(23)15-8-10-17(11-9-15)24-13-16(22)12-21-20(5,6)14-19(2,3)4/h8-11,16,21-22H,7,12-14H2,1-6H3. The highest BCUT2D eigenvalue weighted by Crippen LogP contribution is 2.26. The first-order valence-corrected chi connectivity index (χ1v) is 8.71. The second-order valence-corrected chi connectivity index (χ2v) is 8.27. The highest BCUT2D eigenvalue weighted by Gasteiger charge is 2.25. The van der Waals surface area contributed by atoms with Gasteiger partial charge in [-0.05, 0) is 49.9 Å². The van der Waals surface area contributed by atoms with Crippen molar-refractivity contribution in [1.82, 2.24) is 5.32 Å². The Morgan fingerprint density at radius 2 is 1.75 bits per heavy atom. The lowest BCUT2D eigenvalue weighted by atomic mass is 9.82. The summed E-state index contributed by atoms with van der Waals surface area (Å²) in [7, 11) is 0. The van der Waals surface area contributed by atoms with E-state index in [1.54, 1.807) is 24.3 Å². The van der Waals surface area contributed by atoms with E-state index in [-0.39, 0.29) is 23.3 Å². The summed E-state index contributed by atoms with van der Waals surface area (Å²) in [6.07, 6.45) is 0.927. The van der Waals surface area contributed by atoms with Crippen molar-refractivity contribution < 1.29 is 14.6 Å². The molecular weight excluding hydrogens is 302 g/mol. The zero-order chi connectivity index (χ0) is 18.4. The zero-order valence-electron chi connectivity index (χ0n) is 16.0. The molecule has 0 aliphatic carbocycles. The summed E-state index contributed by atoms with van der Waals surface area (Å²) >= 11 is 0. The summed E-state index contributed by atoms with van der Waals surface area (Å²) < 4.78 is 5.60. The molecule has 1 aromatic carbocycles. The van der Waals surface area contributed by atoms with E-state index in [0.717, 1.165) is 6.42 Å². The summed E-state index contributed by atoms with van der Waals surface area (Å²) in [6, 6.07) is 7.07. The van der Waals surface area contributed by atoms with Crippen LogP contribution in [0.4, 0.5) is 0 Å². The third kappa shape index (κ3) is 7.93. The average Bonchev–Trinajstić information content (AvgIpc) is 2.48. The normalized spacial score (nSPS) is 13.6. The van der Waals surface area contributed by atoms with Crippen LogP contribution in [0.2, 0.25) is 0 Å². The van der Waals surface area contributed by atoms with Crippen molar-refractivity contribution in [2.75, 3.05) is 13.2 Å². The molecule has 0 fully saturated rings. The summed E-state index contributed by atoms with van der Waals surface area (Å²) in [5.74, 6) is 0.780. The molecule has 2 N–H and O–H groups in total. The number of rotatable bonds is 9. The van der Waals surface area contributed by atoms with Crippen LogP contribution in [0.15, 0.2) is 24.3 Å². The van der Waals surface area contributed by atoms with Crippen LogP contribution in [0, 0.1) is 5.41 Å². The van der Waals surface area contributed by atoms with Gasteiger partial charge in [0.2, 0.25) is 0 Å². The molecule has 24 heavy (non-hydrogen) atoms. The van der Waals surface area contributed by atoms with E-state index in [1.807, 2.05) is 6.92 Å². The van der Waals surface area contributed by atoms with Crippen molar-refractivity contribution in [1.29, 1.82) is 0 Å². The van der Waals surface area contributed by atoms with E-state index in [9.17, 15) is 9.90 Å². The summed E-state index contributed by atoms with van der Waals surface area (Å²) in [6.45, 7) is 13.5. The number of ether oxygens (including phenoxy) is 1. The first kappa shape index (κ1) is 20.7. The van der Waals surface area contributed by atoms with E-state index in [1.165, 1.54) is 0 Å². The molecule has 4 heteroatoms. The van der Waals surface area contributed by atoms with Gasteiger partial charge in [0, 0.05) is 24.1 Å². The molecule has 0 aliphatic heterocycles. The highest BCUT2D eigenvalue weighted by molar-refractivity contribution is 5.95. The van der Waals surface area contributed by atoms with Gasteiger partial charge < -0.3 is 15.2 Å². The zero-order valence-corrected chi connectivity index (χ0v) is 16.0. The third-order valence-corrected chi connectivity index (χ3v) is 3.73. The number of hydrogen-bond donors (Lipinski definition) is 2. The number of Topliss-reactive ketones (excluding diaryl/α,β-unsaturated/α-hetero) is 1. The van der Waals surface area contributed by atoms with Crippen LogP contribution in [0.25, 0.3) is 0 Å². The number of β-amino-alcohol motifs (C(OH)–C–C–N with tert-alkyl or cyclic N) is 1. The predicted octanol–water partition coefficient (Wildman–Crippen LogP) is 3.82. The molecular formula is C20H33NO3. The van der Waals surface area contributed by atoms with Gasteiger partial charge in [-0.3, -0.25) is 4.79 Å². The van der Waals surface area contributed by atoms with Crippen molar-refractivity contribution in [2.24, 2.45) is 5.41 Å². The Morgan fingerprint density at radius 3 is 2.25 bits per heavy atom. The van der Waals surface area contributed by atoms with E-state index >= 15 is 0 Å². The van der Waals surface area contributed by atoms with Crippen molar-refractivity contribution in [3.8, 4) is 5.75 Å². The predicted molar refractivity (Wildman–Crippen MR) is 98.7 cm³/mol. The van der Waals surface area contributed by atoms with Crippen LogP contribution < -0.4 is 10.1 Å². The van der Waals surface area contributed by atoms with Crippen molar-refractivity contribution >= 4 is 5.78 Å². The largest absolute Gasteiger partial charge is 0.491 e. The fourth-order valence-corrected chi connectivity index (χ4v) is 2.97. The Bertz CT molecular complexity index is 515. The van der Waals surface area contributed by atoms with E-state index in [4.69, 9.17) is 4.74 Å². The van der Waals surface area contributed by atoms with Crippen LogP contribution in [0.5, 0.6) is 5.75 Å². The molecule has 0 aliphatic rings.